The van der Waals surface area contributed by atoms with Crippen molar-refractivity contribution in [3.63, 3.8) is 0 Å². The molecule has 62 valence electrons. The van der Waals surface area contributed by atoms with E-state index >= 15 is 0 Å². The van der Waals surface area contributed by atoms with Gasteiger partial charge < -0.3 is 0 Å². The van der Waals surface area contributed by atoms with E-state index in [0.29, 0.717) is 18.4 Å². The average molecular weight is 163 g/mol. The molecule has 0 fully saturated rings. The number of nitrogens with zero attached hydrogens (tertiary/aromatic N) is 1. The minimum atomic E-state index is -0.189. The van der Waals surface area contributed by atoms with Gasteiger partial charge in [0.1, 0.15) is 5.82 Å². The molecule has 0 bridgehead atoms. The lowest BCUT2D eigenvalue weighted by molar-refractivity contribution is 0.615. The molecule has 0 unspecified atom stereocenters. The van der Waals surface area contributed by atoms with E-state index in [0.717, 1.165) is 5.56 Å². The zero-order valence-corrected chi connectivity index (χ0v) is 6.97. The van der Waals surface area contributed by atoms with Gasteiger partial charge in [-0.25, -0.2) is 4.39 Å². The second kappa shape index (κ2) is 3.87. The van der Waals surface area contributed by atoms with Crippen LogP contribution in [0.2, 0.25) is 0 Å². The van der Waals surface area contributed by atoms with Gasteiger partial charge in [-0.1, -0.05) is 12.1 Å². The van der Waals surface area contributed by atoms with E-state index in [2.05, 4.69) is 0 Å². The normalized spacial score (nSPS) is 9.42. The van der Waals surface area contributed by atoms with Gasteiger partial charge in [-0.3, -0.25) is 0 Å². The number of benzene rings is 1. The Morgan fingerprint density at radius 1 is 1.50 bits per heavy atom. The van der Waals surface area contributed by atoms with Crippen LogP contribution in [0.4, 0.5) is 4.39 Å². The van der Waals surface area contributed by atoms with Crippen molar-refractivity contribution in [1.29, 1.82) is 5.26 Å². The number of aryl methyl sites for hydroxylation is 1. The molecule has 1 nitrogen and oxygen atoms in total. The number of nitriles is 1. The second-order valence-corrected chi connectivity index (χ2v) is 2.68. The molecule has 0 aromatic heterocycles. The van der Waals surface area contributed by atoms with Gasteiger partial charge in [-0.05, 0) is 30.5 Å². The zero-order chi connectivity index (χ0) is 8.97. The van der Waals surface area contributed by atoms with Crippen molar-refractivity contribution in [1.82, 2.24) is 0 Å². The van der Waals surface area contributed by atoms with Gasteiger partial charge in [-0.2, -0.15) is 5.26 Å². The third-order valence-corrected chi connectivity index (χ3v) is 1.89. The van der Waals surface area contributed by atoms with Crippen LogP contribution in [0.25, 0.3) is 0 Å². The molecule has 2 heteroatoms. The van der Waals surface area contributed by atoms with Gasteiger partial charge in [0.25, 0.3) is 0 Å². The van der Waals surface area contributed by atoms with Crippen LogP contribution in [0.5, 0.6) is 0 Å². The quantitative estimate of drug-likeness (QED) is 0.657. The standard InChI is InChI=1S/C10H10FN/c1-8-9(5-3-7-12)4-2-6-10(8)11/h2,4,6H,3,5H2,1H3. The predicted octanol–water partition coefficient (Wildman–Crippen LogP) is 2.59. The van der Waals surface area contributed by atoms with Crippen LogP contribution in [0, 0.1) is 24.1 Å². The monoisotopic (exact) mass is 163 g/mol. The average Bonchev–Trinajstić information content (AvgIpc) is 2.08. The molecule has 1 aromatic rings. The van der Waals surface area contributed by atoms with Gasteiger partial charge in [0.15, 0.2) is 0 Å². The van der Waals surface area contributed by atoms with Crippen molar-refractivity contribution >= 4 is 0 Å². The van der Waals surface area contributed by atoms with Crippen LogP contribution in [0.1, 0.15) is 17.5 Å². The smallest absolute Gasteiger partial charge is 0.126 e. The first-order valence-electron chi connectivity index (χ1n) is 3.86. The molecule has 0 atom stereocenters. The van der Waals surface area contributed by atoms with E-state index in [9.17, 15) is 4.39 Å². The molecule has 0 N–H and O–H groups in total. The molecule has 1 aromatic carbocycles. The summed E-state index contributed by atoms with van der Waals surface area (Å²) >= 11 is 0. The molecule has 0 aliphatic carbocycles. The SMILES string of the molecule is Cc1c(F)cccc1CCC#N. The fraction of sp³-hybridized carbons (Fsp3) is 0.300. The van der Waals surface area contributed by atoms with Crippen LogP contribution in [-0.2, 0) is 6.42 Å². The lowest BCUT2D eigenvalue weighted by Crippen LogP contribution is -1.91. The summed E-state index contributed by atoms with van der Waals surface area (Å²) in [5.74, 6) is -0.189. The fourth-order valence-corrected chi connectivity index (χ4v) is 1.11. The second-order valence-electron chi connectivity index (χ2n) is 2.68. The van der Waals surface area contributed by atoms with Crippen molar-refractivity contribution in [3.8, 4) is 6.07 Å². The topological polar surface area (TPSA) is 23.8 Å². The van der Waals surface area contributed by atoms with Crippen LogP contribution in [-0.4, -0.2) is 0 Å². The van der Waals surface area contributed by atoms with Gasteiger partial charge in [0, 0.05) is 6.42 Å². The van der Waals surface area contributed by atoms with E-state index in [1.54, 1.807) is 13.0 Å². The third-order valence-electron chi connectivity index (χ3n) is 1.89. The van der Waals surface area contributed by atoms with Gasteiger partial charge in [0.2, 0.25) is 0 Å². The highest BCUT2D eigenvalue weighted by Gasteiger charge is 2.01. The van der Waals surface area contributed by atoms with Crippen LogP contribution in [0.15, 0.2) is 18.2 Å². The maximum atomic E-state index is 12.9. The Labute approximate surface area is 71.4 Å². The summed E-state index contributed by atoms with van der Waals surface area (Å²) in [7, 11) is 0. The molecule has 12 heavy (non-hydrogen) atoms. The number of rotatable bonds is 2. The first-order chi connectivity index (χ1) is 5.75. The summed E-state index contributed by atoms with van der Waals surface area (Å²) in [6, 6.07) is 7.01. The van der Waals surface area contributed by atoms with E-state index in [1.807, 2.05) is 12.1 Å². The summed E-state index contributed by atoms with van der Waals surface area (Å²) in [5.41, 5.74) is 1.59. The minimum absolute atomic E-state index is 0.189. The van der Waals surface area contributed by atoms with Gasteiger partial charge >= 0.3 is 0 Å². The Balaban J connectivity index is 2.86. The third kappa shape index (κ3) is 1.82. The molecule has 1 rings (SSSR count). The number of halogens is 1. The Kier molecular flexibility index (Phi) is 2.82. The lowest BCUT2D eigenvalue weighted by atomic mass is 10.0. The molecular formula is C10H10FN. The Morgan fingerprint density at radius 3 is 2.92 bits per heavy atom. The van der Waals surface area contributed by atoms with Crippen molar-refractivity contribution in [3.05, 3.63) is 35.1 Å². The number of hydrogen-bond donors (Lipinski definition) is 0. The van der Waals surface area contributed by atoms with E-state index in [1.165, 1.54) is 6.07 Å². The maximum Gasteiger partial charge on any atom is 0.126 e. The molecule has 0 aliphatic rings. The summed E-state index contributed by atoms with van der Waals surface area (Å²) in [5, 5.41) is 8.34. The molecule has 0 amide bonds. The molecule has 0 spiro atoms. The van der Waals surface area contributed by atoms with Crippen molar-refractivity contribution < 1.29 is 4.39 Å². The van der Waals surface area contributed by atoms with Crippen LogP contribution < -0.4 is 0 Å². The molecule has 0 saturated heterocycles. The zero-order valence-electron chi connectivity index (χ0n) is 6.97. The molecule has 0 heterocycles. The first kappa shape index (κ1) is 8.73. The Hall–Kier alpha value is -1.36. The summed E-state index contributed by atoms with van der Waals surface area (Å²) in [6.07, 6.45) is 1.09. The molecular weight excluding hydrogens is 153 g/mol. The molecule has 0 saturated carbocycles. The van der Waals surface area contributed by atoms with E-state index in [-0.39, 0.29) is 5.82 Å². The van der Waals surface area contributed by atoms with Gasteiger partial charge in [-0.15, -0.1) is 0 Å². The Morgan fingerprint density at radius 2 is 2.25 bits per heavy atom. The predicted molar refractivity (Wildman–Crippen MR) is 45.1 cm³/mol. The highest BCUT2D eigenvalue weighted by Crippen LogP contribution is 2.13. The van der Waals surface area contributed by atoms with Crippen LogP contribution in [0.3, 0.4) is 0 Å². The van der Waals surface area contributed by atoms with Crippen molar-refractivity contribution in [2.45, 2.75) is 19.8 Å². The van der Waals surface area contributed by atoms with Gasteiger partial charge in [0.05, 0.1) is 6.07 Å². The summed E-state index contributed by atoms with van der Waals surface area (Å²) in [4.78, 5) is 0. The molecule has 0 radical (unpaired) electrons. The van der Waals surface area contributed by atoms with Crippen molar-refractivity contribution in [2.75, 3.05) is 0 Å². The fourth-order valence-electron chi connectivity index (χ4n) is 1.11. The summed E-state index contributed by atoms with van der Waals surface area (Å²) in [6.45, 7) is 1.74. The minimum Gasteiger partial charge on any atom is -0.207 e. The number of hydrogen-bond acceptors (Lipinski definition) is 1. The molecule has 0 aliphatic heterocycles. The lowest BCUT2D eigenvalue weighted by Gasteiger charge is -2.02. The van der Waals surface area contributed by atoms with E-state index < -0.39 is 0 Å². The summed E-state index contributed by atoms with van der Waals surface area (Å²) < 4.78 is 12.9. The van der Waals surface area contributed by atoms with Crippen molar-refractivity contribution in [2.24, 2.45) is 0 Å². The maximum absolute atomic E-state index is 12.9. The highest BCUT2D eigenvalue weighted by atomic mass is 19.1. The highest BCUT2D eigenvalue weighted by molar-refractivity contribution is 5.27. The first-order valence-corrected chi connectivity index (χ1v) is 3.86. The Bertz CT molecular complexity index is 312. The van der Waals surface area contributed by atoms with E-state index in [4.69, 9.17) is 5.26 Å². The largest absolute Gasteiger partial charge is 0.207 e. The van der Waals surface area contributed by atoms with Crippen LogP contribution >= 0.6 is 0 Å².